The topological polar surface area (TPSA) is 95.1 Å². The van der Waals surface area contributed by atoms with Crippen molar-refractivity contribution in [1.82, 2.24) is 14.5 Å². The number of rotatable bonds is 6. The molecule has 0 radical (unpaired) electrons. The number of aromatic nitrogens is 2. The third-order valence-corrected chi connectivity index (χ3v) is 5.73. The zero-order valence-corrected chi connectivity index (χ0v) is 19.0. The highest BCUT2D eigenvalue weighted by Crippen LogP contribution is 2.35. The number of carbonyl (C=O) groups is 1. The number of amidine groups is 1. The molecular weight excluding hydrogens is 433 g/mol. The molecule has 1 aliphatic rings. The van der Waals surface area contributed by atoms with E-state index in [1.165, 1.54) is 23.1 Å². The minimum absolute atomic E-state index is 0.00551. The smallest absolute Gasteiger partial charge is 0.260 e. The maximum atomic E-state index is 13.4. The van der Waals surface area contributed by atoms with Crippen molar-refractivity contribution in [1.29, 1.82) is 10.8 Å². The molecule has 0 saturated carbocycles. The first kappa shape index (κ1) is 22.8. The molecule has 34 heavy (non-hydrogen) atoms. The van der Waals surface area contributed by atoms with Crippen LogP contribution in [0, 0.1) is 23.6 Å². The summed E-state index contributed by atoms with van der Waals surface area (Å²) in [6, 6.07) is 10.9. The van der Waals surface area contributed by atoms with E-state index in [2.05, 4.69) is 4.98 Å². The summed E-state index contributed by atoms with van der Waals surface area (Å²) in [5.74, 6) is -0.134. The number of nitrogens with one attached hydrogen (secondary N) is 2. The van der Waals surface area contributed by atoms with E-state index in [9.17, 15) is 9.18 Å². The van der Waals surface area contributed by atoms with Gasteiger partial charge >= 0.3 is 0 Å². The first-order chi connectivity index (χ1) is 16.3. The molecule has 0 aliphatic carbocycles. The zero-order valence-electron chi connectivity index (χ0n) is 19.0. The number of likely N-dealkylation sites (tertiary alicyclic amines) is 1. The Bertz CT molecular complexity index is 1340. The molecule has 4 rings (SSSR count). The van der Waals surface area contributed by atoms with Crippen molar-refractivity contribution >= 4 is 24.0 Å². The molecule has 1 aliphatic heterocycles. The van der Waals surface area contributed by atoms with Crippen molar-refractivity contribution in [2.45, 2.75) is 19.9 Å². The van der Waals surface area contributed by atoms with E-state index in [-0.39, 0.29) is 17.6 Å². The normalized spacial score (nSPS) is 17.0. The van der Waals surface area contributed by atoms with Crippen LogP contribution in [-0.4, -0.2) is 39.5 Å². The van der Waals surface area contributed by atoms with Crippen molar-refractivity contribution in [2.75, 3.05) is 7.11 Å². The van der Waals surface area contributed by atoms with Crippen LogP contribution in [0.5, 0.6) is 5.75 Å². The summed E-state index contributed by atoms with van der Waals surface area (Å²) in [5, 5.41) is 16.1. The van der Waals surface area contributed by atoms with Crippen LogP contribution in [-0.2, 0) is 4.79 Å². The van der Waals surface area contributed by atoms with Crippen LogP contribution in [0.4, 0.5) is 4.39 Å². The lowest BCUT2D eigenvalue weighted by molar-refractivity contribution is -0.123. The number of aryl methyl sites for hydroxylation is 1. The van der Waals surface area contributed by atoms with Gasteiger partial charge in [0.25, 0.3) is 5.91 Å². The average Bonchev–Trinajstić information content (AvgIpc) is 3.35. The number of allylic oxidation sites excluding steroid dienone is 1. The summed E-state index contributed by atoms with van der Waals surface area (Å²) in [5.41, 5.74) is 3.74. The van der Waals surface area contributed by atoms with E-state index in [4.69, 9.17) is 15.6 Å². The quantitative estimate of drug-likeness (QED) is 0.408. The second-order valence-electron chi connectivity index (χ2n) is 7.91. The molecule has 1 amide bonds. The van der Waals surface area contributed by atoms with Gasteiger partial charge in [0.15, 0.2) is 0 Å². The highest BCUT2D eigenvalue weighted by molar-refractivity contribution is 6.28. The minimum Gasteiger partial charge on any atom is -0.495 e. The molecule has 0 spiro atoms. The molecule has 0 bridgehead atoms. The van der Waals surface area contributed by atoms with Crippen molar-refractivity contribution in [3.8, 4) is 11.4 Å². The Morgan fingerprint density at radius 2 is 1.88 bits per heavy atom. The van der Waals surface area contributed by atoms with Gasteiger partial charge in [0.1, 0.15) is 17.4 Å². The first-order valence-electron chi connectivity index (χ1n) is 10.6. The third kappa shape index (κ3) is 4.17. The number of nitrogens with zero attached hydrogens (tertiary/aromatic N) is 3. The van der Waals surface area contributed by atoms with Gasteiger partial charge in [-0.25, -0.2) is 9.37 Å². The van der Waals surface area contributed by atoms with Gasteiger partial charge in [0, 0.05) is 18.0 Å². The van der Waals surface area contributed by atoms with E-state index in [0.717, 1.165) is 17.6 Å². The van der Waals surface area contributed by atoms with Crippen LogP contribution in [0.25, 0.3) is 11.8 Å². The Morgan fingerprint density at radius 1 is 1.15 bits per heavy atom. The Labute approximate surface area is 196 Å². The number of amides is 1. The molecule has 1 saturated heterocycles. The highest BCUT2D eigenvalue weighted by atomic mass is 19.1. The van der Waals surface area contributed by atoms with Crippen molar-refractivity contribution in [3.05, 3.63) is 94.8 Å². The molecule has 1 atom stereocenters. The van der Waals surface area contributed by atoms with Crippen LogP contribution < -0.4 is 4.74 Å². The Morgan fingerprint density at radius 3 is 2.50 bits per heavy atom. The van der Waals surface area contributed by atoms with Gasteiger partial charge in [-0.3, -0.25) is 15.1 Å². The van der Waals surface area contributed by atoms with E-state index < -0.39 is 6.04 Å². The molecule has 2 aromatic carbocycles. The second kappa shape index (κ2) is 9.27. The number of hydrogen-bond donors (Lipinski definition) is 2. The third-order valence-electron chi connectivity index (χ3n) is 5.73. The van der Waals surface area contributed by atoms with Crippen molar-refractivity contribution in [2.24, 2.45) is 0 Å². The summed E-state index contributed by atoms with van der Waals surface area (Å²) in [6.45, 7) is 3.69. The van der Waals surface area contributed by atoms with Crippen LogP contribution in [0.3, 0.4) is 0 Å². The number of halogens is 1. The average molecular weight is 458 g/mol. The standard InChI is InChI=1S/C26H24FN5O2/c1-16-14-31(15-30-16)23-9-4-18(13-24(23)34-3)12-22-21(10-11-28)25(29)32(26(22)33)17(2)19-5-7-20(27)8-6-19/h4-15,17,28-29H,1-3H3/b21-10-,22-12+,28-11?,29-25?. The monoisotopic (exact) mass is 457 g/mol. The van der Waals surface area contributed by atoms with Crippen molar-refractivity contribution in [3.63, 3.8) is 0 Å². The molecule has 2 N–H and O–H groups in total. The first-order valence-corrected chi connectivity index (χ1v) is 10.6. The Kier molecular flexibility index (Phi) is 6.23. The summed E-state index contributed by atoms with van der Waals surface area (Å²) >= 11 is 0. The number of methoxy groups -OCH3 is 1. The van der Waals surface area contributed by atoms with E-state index in [1.807, 2.05) is 35.9 Å². The van der Waals surface area contributed by atoms with Crippen LogP contribution in [0.1, 0.15) is 29.8 Å². The summed E-state index contributed by atoms with van der Waals surface area (Å²) in [7, 11) is 1.57. The fraction of sp³-hybridized carbons (Fsp3) is 0.154. The number of ether oxygens (including phenoxy) is 1. The molecule has 172 valence electrons. The predicted octanol–water partition coefficient (Wildman–Crippen LogP) is 4.87. The van der Waals surface area contributed by atoms with E-state index >= 15 is 0 Å². The van der Waals surface area contributed by atoms with Gasteiger partial charge in [-0.05, 0) is 61.4 Å². The van der Waals surface area contributed by atoms with Gasteiger partial charge in [0.2, 0.25) is 0 Å². The van der Waals surface area contributed by atoms with Gasteiger partial charge in [0.05, 0.1) is 36.4 Å². The second-order valence-corrected chi connectivity index (χ2v) is 7.91. The van der Waals surface area contributed by atoms with Crippen molar-refractivity contribution < 1.29 is 13.9 Å². The van der Waals surface area contributed by atoms with Gasteiger partial charge < -0.3 is 14.7 Å². The number of hydrogen-bond acceptors (Lipinski definition) is 5. The molecule has 7 nitrogen and oxygen atoms in total. The Balaban J connectivity index is 1.73. The lowest BCUT2D eigenvalue weighted by Crippen LogP contribution is -2.32. The number of carbonyl (C=O) groups excluding carboxylic acids is 1. The molecular formula is C26H24FN5O2. The molecule has 1 aromatic heterocycles. The summed E-state index contributed by atoms with van der Waals surface area (Å²) in [4.78, 5) is 19.0. The van der Waals surface area contributed by atoms with Crippen LogP contribution in [0.2, 0.25) is 0 Å². The lowest BCUT2D eigenvalue weighted by Gasteiger charge is -2.24. The summed E-state index contributed by atoms with van der Waals surface area (Å²) in [6.07, 6.45) is 7.77. The molecule has 1 unspecified atom stereocenters. The van der Waals surface area contributed by atoms with Gasteiger partial charge in [-0.15, -0.1) is 0 Å². The highest BCUT2D eigenvalue weighted by Gasteiger charge is 2.39. The van der Waals surface area contributed by atoms with Gasteiger partial charge in [-0.2, -0.15) is 0 Å². The predicted molar refractivity (Wildman–Crippen MR) is 129 cm³/mol. The largest absolute Gasteiger partial charge is 0.495 e. The Hall–Kier alpha value is -4.33. The summed E-state index contributed by atoms with van der Waals surface area (Å²) < 4.78 is 20.8. The number of imidazole rings is 1. The molecule has 1 fully saturated rings. The maximum Gasteiger partial charge on any atom is 0.260 e. The molecule has 8 heteroatoms. The fourth-order valence-corrected chi connectivity index (χ4v) is 3.97. The number of benzene rings is 2. The van der Waals surface area contributed by atoms with E-state index in [1.54, 1.807) is 38.6 Å². The fourth-order valence-electron chi connectivity index (χ4n) is 3.97. The lowest BCUT2D eigenvalue weighted by atomic mass is 10.0. The molecule has 2 heterocycles. The van der Waals surface area contributed by atoms with Crippen LogP contribution >= 0.6 is 0 Å². The SMILES string of the molecule is COc1cc(/C=C2/C(=O)N(C(C)c3ccc(F)cc3)C(=N)/C2=C\C=N)ccc1-n1cnc(C)c1. The molecule has 3 aromatic rings. The van der Waals surface area contributed by atoms with Crippen LogP contribution in [0.15, 0.2) is 72.2 Å². The minimum atomic E-state index is -0.484. The van der Waals surface area contributed by atoms with Gasteiger partial charge in [-0.1, -0.05) is 18.2 Å². The zero-order chi connectivity index (χ0) is 24.4. The van der Waals surface area contributed by atoms with E-state index in [0.29, 0.717) is 28.0 Å². The maximum absolute atomic E-state index is 13.4.